The Kier molecular flexibility index (Phi) is 11.6. The second-order valence-corrected chi connectivity index (χ2v) is 5.49. The molecule has 1 aromatic carbocycles. The van der Waals surface area contributed by atoms with E-state index in [1.165, 1.54) is 5.56 Å². The fourth-order valence-corrected chi connectivity index (χ4v) is 1.83. The van der Waals surface area contributed by atoms with Gasteiger partial charge in [-0.3, -0.25) is 4.79 Å². The van der Waals surface area contributed by atoms with Crippen molar-refractivity contribution in [3.8, 4) is 0 Å². The molecule has 0 saturated carbocycles. The van der Waals surface area contributed by atoms with Crippen LogP contribution in [0.4, 0.5) is 0 Å². The van der Waals surface area contributed by atoms with Gasteiger partial charge in [-0.25, -0.2) is 0 Å². The Morgan fingerprint density at radius 1 is 1.19 bits per heavy atom. The summed E-state index contributed by atoms with van der Waals surface area (Å²) in [4.78, 5) is 14.0. The number of nitrogens with zero attached hydrogens (tertiary/aromatic N) is 1. The average Bonchev–Trinajstić information content (AvgIpc) is 2.35. The van der Waals surface area contributed by atoms with Crippen LogP contribution >= 0.6 is 24.8 Å². The molecule has 0 spiro atoms. The van der Waals surface area contributed by atoms with E-state index in [0.717, 1.165) is 12.1 Å². The van der Waals surface area contributed by atoms with E-state index in [4.69, 9.17) is 5.73 Å². The molecule has 1 aromatic rings. The molecule has 1 atom stereocenters. The summed E-state index contributed by atoms with van der Waals surface area (Å²) in [5, 5.41) is 2.91. The largest absolute Gasteiger partial charge is 0.351 e. The van der Waals surface area contributed by atoms with Gasteiger partial charge in [0.2, 0.25) is 5.91 Å². The van der Waals surface area contributed by atoms with Crippen LogP contribution in [0.5, 0.6) is 0 Å². The summed E-state index contributed by atoms with van der Waals surface area (Å²) in [6, 6.07) is 7.69. The quantitative estimate of drug-likeness (QED) is 0.837. The van der Waals surface area contributed by atoms with Crippen molar-refractivity contribution in [2.45, 2.75) is 33.0 Å². The molecule has 0 aliphatic heterocycles. The summed E-state index contributed by atoms with van der Waals surface area (Å²) < 4.78 is 0. The Morgan fingerprint density at radius 2 is 1.71 bits per heavy atom. The fourth-order valence-electron chi connectivity index (χ4n) is 1.83. The summed E-state index contributed by atoms with van der Waals surface area (Å²) in [5.74, 6) is 0.0617. The lowest BCUT2D eigenvalue weighted by molar-refractivity contribution is -0.123. The van der Waals surface area contributed by atoms with E-state index in [0.29, 0.717) is 6.54 Å². The van der Waals surface area contributed by atoms with Crippen molar-refractivity contribution in [2.24, 2.45) is 11.7 Å². The van der Waals surface area contributed by atoms with Gasteiger partial charge in [-0.15, -0.1) is 24.8 Å². The van der Waals surface area contributed by atoms with Gasteiger partial charge in [0.05, 0.1) is 6.04 Å². The minimum Gasteiger partial charge on any atom is -0.351 e. The van der Waals surface area contributed by atoms with Crippen molar-refractivity contribution in [2.75, 3.05) is 14.1 Å². The zero-order chi connectivity index (χ0) is 14.4. The van der Waals surface area contributed by atoms with E-state index in [2.05, 4.69) is 16.3 Å². The first-order valence-electron chi connectivity index (χ1n) is 6.66. The van der Waals surface area contributed by atoms with E-state index in [1.807, 2.05) is 46.1 Å². The van der Waals surface area contributed by atoms with Crippen LogP contribution in [0.15, 0.2) is 24.3 Å². The molecule has 0 heterocycles. The van der Waals surface area contributed by atoms with Gasteiger partial charge in [0.25, 0.3) is 0 Å². The predicted octanol–water partition coefficient (Wildman–Crippen LogP) is 2.19. The highest BCUT2D eigenvalue weighted by Gasteiger charge is 2.16. The molecule has 4 nitrogen and oxygen atoms in total. The molecule has 0 bridgehead atoms. The first-order chi connectivity index (χ1) is 8.91. The lowest BCUT2D eigenvalue weighted by Gasteiger charge is -2.17. The minimum atomic E-state index is -0.444. The van der Waals surface area contributed by atoms with Crippen molar-refractivity contribution in [1.29, 1.82) is 0 Å². The number of amides is 1. The molecule has 0 aliphatic carbocycles. The molecule has 122 valence electrons. The van der Waals surface area contributed by atoms with E-state index < -0.39 is 6.04 Å². The molecule has 1 rings (SSSR count). The number of rotatable bonds is 6. The molecule has 21 heavy (non-hydrogen) atoms. The van der Waals surface area contributed by atoms with Gasteiger partial charge in [-0.2, -0.15) is 0 Å². The van der Waals surface area contributed by atoms with Crippen molar-refractivity contribution in [1.82, 2.24) is 10.2 Å². The van der Waals surface area contributed by atoms with E-state index in [-0.39, 0.29) is 36.6 Å². The third-order valence-corrected chi connectivity index (χ3v) is 3.08. The predicted molar refractivity (Wildman–Crippen MR) is 93.0 cm³/mol. The zero-order valence-corrected chi connectivity index (χ0v) is 14.8. The lowest BCUT2D eigenvalue weighted by atomic mass is 10.0. The number of hydrogen-bond donors (Lipinski definition) is 2. The molecule has 0 unspecified atom stereocenters. The number of carbonyl (C=O) groups is 1. The van der Waals surface area contributed by atoms with Crippen LogP contribution in [0.3, 0.4) is 0 Å². The maximum atomic E-state index is 11.8. The molecule has 6 heteroatoms. The number of nitrogens with two attached hydrogens (primary N) is 1. The molecule has 0 aliphatic rings. The summed E-state index contributed by atoms with van der Waals surface area (Å²) in [6.45, 7) is 5.29. The number of hydrogen-bond acceptors (Lipinski definition) is 3. The highest BCUT2D eigenvalue weighted by Crippen LogP contribution is 2.10. The van der Waals surface area contributed by atoms with Crippen molar-refractivity contribution in [3.05, 3.63) is 35.4 Å². The summed E-state index contributed by atoms with van der Waals surface area (Å²) in [5.41, 5.74) is 8.19. The molecule has 3 N–H and O–H groups in total. The van der Waals surface area contributed by atoms with Gasteiger partial charge in [-0.05, 0) is 31.1 Å². The van der Waals surface area contributed by atoms with Crippen molar-refractivity contribution >= 4 is 30.7 Å². The van der Waals surface area contributed by atoms with Crippen LogP contribution in [0.1, 0.15) is 25.0 Å². The Balaban J connectivity index is 0. The third kappa shape index (κ3) is 7.67. The zero-order valence-electron chi connectivity index (χ0n) is 13.1. The highest BCUT2D eigenvalue weighted by molar-refractivity contribution is 5.85. The molecular weight excluding hydrogens is 309 g/mol. The maximum Gasteiger partial charge on any atom is 0.237 e. The standard InChI is InChI=1S/C15H25N3O.2ClH/c1-11(2)14(16)15(19)17-9-12-7-5-6-8-13(12)10-18(3)4;;/h5-8,11,14H,9-10,16H2,1-4H3,(H,17,19);2*1H/t14-;;/m1../s1. The molecule has 0 aromatic heterocycles. The maximum absolute atomic E-state index is 11.8. The first-order valence-corrected chi connectivity index (χ1v) is 6.66. The Bertz CT molecular complexity index is 425. The monoisotopic (exact) mass is 335 g/mol. The van der Waals surface area contributed by atoms with Crippen LogP contribution in [-0.2, 0) is 17.9 Å². The number of benzene rings is 1. The normalized spacial score (nSPS) is 11.6. The lowest BCUT2D eigenvalue weighted by Crippen LogP contribution is -2.43. The van der Waals surface area contributed by atoms with Crippen LogP contribution in [0.2, 0.25) is 0 Å². The Morgan fingerprint density at radius 3 is 2.19 bits per heavy atom. The van der Waals surface area contributed by atoms with Gasteiger partial charge < -0.3 is 16.0 Å². The second kappa shape index (κ2) is 10.9. The molecule has 0 fully saturated rings. The first kappa shape index (κ1) is 22.5. The van der Waals surface area contributed by atoms with E-state index >= 15 is 0 Å². The van der Waals surface area contributed by atoms with E-state index in [1.54, 1.807) is 0 Å². The highest BCUT2D eigenvalue weighted by atomic mass is 35.5. The smallest absolute Gasteiger partial charge is 0.237 e. The number of nitrogens with one attached hydrogen (secondary N) is 1. The molecular formula is C15H27Cl2N3O. The topological polar surface area (TPSA) is 58.4 Å². The fraction of sp³-hybridized carbons (Fsp3) is 0.533. The number of carbonyl (C=O) groups excluding carboxylic acids is 1. The van der Waals surface area contributed by atoms with Gasteiger partial charge >= 0.3 is 0 Å². The van der Waals surface area contributed by atoms with Crippen LogP contribution in [0, 0.1) is 5.92 Å². The SMILES string of the molecule is CC(C)[C@@H](N)C(=O)NCc1ccccc1CN(C)C.Cl.Cl. The Labute approximate surface area is 140 Å². The molecule has 1 amide bonds. The molecule has 0 radical (unpaired) electrons. The number of halogens is 2. The molecule has 0 saturated heterocycles. The van der Waals surface area contributed by atoms with Crippen LogP contribution in [-0.4, -0.2) is 30.9 Å². The van der Waals surface area contributed by atoms with Crippen LogP contribution in [0.25, 0.3) is 0 Å². The summed E-state index contributed by atoms with van der Waals surface area (Å²) >= 11 is 0. The minimum absolute atomic E-state index is 0. The van der Waals surface area contributed by atoms with Gasteiger partial charge in [0.15, 0.2) is 0 Å². The van der Waals surface area contributed by atoms with Gasteiger partial charge in [-0.1, -0.05) is 38.1 Å². The summed E-state index contributed by atoms with van der Waals surface area (Å²) in [7, 11) is 4.06. The van der Waals surface area contributed by atoms with Crippen LogP contribution < -0.4 is 11.1 Å². The van der Waals surface area contributed by atoms with Crippen molar-refractivity contribution < 1.29 is 4.79 Å². The Hall–Kier alpha value is -0.810. The average molecular weight is 336 g/mol. The van der Waals surface area contributed by atoms with Gasteiger partial charge in [0, 0.05) is 13.1 Å². The summed E-state index contributed by atoms with van der Waals surface area (Å²) in [6.07, 6.45) is 0. The van der Waals surface area contributed by atoms with E-state index in [9.17, 15) is 4.79 Å². The second-order valence-electron chi connectivity index (χ2n) is 5.49. The van der Waals surface area contributed by atoms with Crippen molar-refractivity contribution in [3.63, 3.8) is 0 Å². The van der Waals surface area contributed by atoms with Gasteiger partial charge in [0.1, 0.15) is 0 Å². The third-order valence-electron chi connectivity index (χ3n) is 3.08.